The van der Waals surface area contributed by atoms with E-state index in [1.165, 1.54) is 81.1 Å². The van der Waals surface area contributed by atoms with Gasteiger partial charge in [0, 0.05) is 26.7 Å². The average molecular weight is 706 g/mol. The molecule has 0 N–H and O–H groups in total. The van der Waals surface area contributed by atoms with Gasteiger partial charge in [0.2, 0.25) is 0 Å². The zero-order valence-corrected chi connectivity index (χ0v) is 30.4. The molecule has 0 fully saturated rings. The fourth-order valence-corrected chi connectivity index (χ4v) is 9.15. The summed E-state index contributed by atoms with van der Waals surface area (Å²) in [7, 11) is 0. The first-order valence-electron chi connectivity index (χ1n) is 18.4. The number of hydrogen-bond acceptors (Lipinski definition) is 2. The number of benzene rings is 9. The van der Waals surface area contributed by atoms with Gasteiger partial charge >= 0.3 is 0 Å². The van der Waals surface area contributed by atoms with Crippen LogP contribution in [0, 0.1) is 0 Å². The first kappa shape index (κ1) is 32.0. The number of fused-ring (bicyclic) bond motifs is 4. The van der Waals surface area contributed by atoms with Crippen molar-refractivity contribution in [3.8, 4) is 44.5 Å². The first-order chi connectivity index (χ1) is 26.8. The molecular weight excluding hydrogens is 671 g/mol. The quantitative estimate of drug-likeness (QED) is 0.160. The van der Waals surface area contributed by atoms with Crippen LogP contribution in [0.2, 0.25) is 0 Å². The molecule has 0 atom stereocenters. The molecule has 0 aliphatic rings. The Bertz CT molecular complexity index is 2930. The molecule has 0 saturated heterocycles. The van der Waals surface area contributed by atoms with Gasteiger partial charge in [-0.1, -0.05) is 176 Å². The van der Waals surface area contributed by atoms with E-state index in [1.807, 2.05) is 11.3 Å². The monoisotopic (exact) mass is 705 g/mol. The van der Waals surface area contributed by atoms with Gasteiger partial charge in [-0.05, 0) is 86.1 Å². The summed E-state index contributed by atoms with van der Waals surface area (Å²) >= 11 is 1.87. The summed E-state index contributed by atoms with van der Waals surface area (Å²) in [6.45, 7) is 0. The van der Waals surface area contributed by atoms with Crippen molar-refractivity contribution in [1.82, 2.24) is 0 Å². The van der Waals surface area contributed by atoms with E-state index in [0.29, 0.717) is 0 Å². The lowest BCUT2D eigenvalue weighted by atomic mass is 9.92. The first-order valence-corrected chi connectivity index (χ1v) is 19.2. The van der Waals surface area contributed by atoms with E-state index in [9.17, 15) is 0 Å². The largest absolute Gasteiger partial charge is 0.308 e. The minimum absolute atomic E-state index is 1.11. The van der Waals surface area contributed by atoms with E-state index in [0.717, 1.165) is 11.4 Å². The minimum atomic E-state index is 1.11. The molecule has 1 aromatic heterocycles. The average Bonchev–Trinajstić information content (AvgIpc) is 3.64. The lowest BCUT2D eigenvalue weighted by Crippen LogP contribution is -2.12. The van der Waals surface area contributed by atoms with Gasteiger partial charge in [0.1, 0.15) is 0 Å². The fraction of sp³-hybridized carbons (Fsp3) is 0. The highest BCUT2D eigenvalue weighted by molar-refractivity contribution is 7.26. The van der Waals surface area contributed by atoms with E-state index in [1.54, 1.807) is 0 Å². The van der Waals surface area contributed by atoms with Crippen molar-refractivity contribution in [3.05, 3.63) is 212 Å². The maximum absolute atomic E-state index is 2.49. The molecule has 0 unspecified atom stereocenters. The van der Waals surface area contributed by atoms with Gasteiger partial charge in [-0.3, -0.25) is 0 Å². The van der Waals surface area contributed by atoms with Crippen LogP contribution in [0.3, 0.4) is 0 Å². The molecule has 1 heterocycles. The Balaban J connectivity index is 1.23. The Morgan fingerprint density at radius 2 is 0.926 bits per heavy atom. The van der Waals surface area contributed by atoms with Crippen LogP contribution in [0.5, 0.6) is 0 Å². The zero-order chi connectivity index (χ0) is 35.8. The molecule has 0 aliphatic carbocycles. The SMILES string of the molecule is c1ccc(-c2ccc3c(-c4ccccc4N(c4ccc(-c5ccccc5)c(-c5ccccc5)c4)c4cccc5c4sc4ccccc45)cccc3c2)cc1. The molecule has 0 aliphatic heterocycles. The van der Waals surface area contributed by atoms with Crippen LogP contribution in [0.15, 0.2) is 212 Å². The molecule has 54 heavy (non-hydrogen) atoms. The topological polar surface area (TPSA) is 3.24 Å². The van der Waals surface area contributed by atoms with E-state index in [-0.39, 0.29) is 0 Å². The highest BCUT2D eigenvalue weighted by Crippen LogP contribution is 2.49. The van der Waals surface area contributed by atoms with E-state index >= 15 is 0 Å². The summed E-state index contributed by atoms with van der Waals surface area (Å²) in [5, 5.41) is 5.02. The summed E-state index contributed by atoms with van der Waals surface area (Å²) in [5.41, 5.74) is 13.0. The zero-order valence-electron chi connectivity index (χ0n) is 29.6. The number of para-hydroxylation sites is 1. The van der Waals surface area contributed by atoms with Gasteiger partial charge in [-0.15, -0.1) is 11.3 Å². The van der Waals surface area contributed by atoms with Gasteiger partial charge < -0.3 is 4.90 Å². The second kappa shape index (κ2) is 13.7. The van der Waals surface area contributed by atoms with Crippen LogP contribution >= 0.6 is 11.3 Å². The van der Waals surface area contributed by atoms with Crippen molar-refractivity contribution in [3.63, 3.8) is 0 Å². The number of rotatable bonds is 7. The molecule has 0 bridgehead atoms. The highest BCUT2D eigenvalue weighted by Gasteiger charge is 2.23. The molecule has 0 spiro atoms. The van der Waals surface area contributed by atoms with E-state index in [2.05, 4.69) is 217 Å². The molecular formula is C52H35NS. The Labute approximate surface area is 319 Å². The van der Waals surface area contributed by atoms with Crippen LogP contribution in [0.4, 0.5) is 17.1 Å². The molecule has 0 amide bonds. The van der Waals surface area contributed by atoms with Crippen LogP contribution in [0.25, 0.3) is 75.5 Å². The van der Waals surface area contributed by atoms with E-state index in [4.69, 9.17) is 0 Å². The summed E-state index contributed by atoms with van der Waals surface area (Å²) in [6, 6.07) is 77.2. The third kappa shape index (κ3) is 5.65. The van der Waals surface area contributed by atoms with Crippen LogP contribution in [0.1, 0.15) is 0 Å². The Morgan fingerprint density at radius 3 is 1.72 bits per heavy atom. The van der Waals surface area contributed by atoms with Crippen molar-refractivity contribution in [2.75, 3.05) is 4.90 Å². The van der Waals surface area contributed by atoms with Crippen molar-refractivity contribution in [2.24, 2.45) is 0 Å². The maximum Gasteiger partial charge on any atom is 0.0640 e. The molecule has 0 saturated carbocycles. The number of thiophene rings is 1. The molecule has 10 aromatic rings. The number of nitrogens with zero attached hydrogens (tertiary/aromatic N) is 1. The Morgan fingerprint density at radius 1 is 0.315 bits per heavy atom. The van der Waals surface area contributed by atoms with Gasteiger partial charge in [-0.25, -0.2) is 0 Å². The molecule has 1 nitrogen and oxygen atoms in total. The predicted octanol–water partition coefficient (Wildman–Crippen LogP) is 15.3. The van der Waals surface area contributed by atoms with Crippen molar-refractivity contribution in [1.29, 1.82) is 0 Å². The molecule has 9 aromatic carbocycles. The molecule has 254 valence electrons. The molecule has 10 rings (SSSR count). The van der Waals surface area contributed by atoms with Crippen molar-refractivity contribution < 1.29 is 0 Å². The fourth-order valence-electron chi connectivity index (χ4n) is 7.94. The highest BCUT2D eigenvalue weighted by atomic mass is 32.1. The van der Waals surface area contributed by atoms with Crippen molar-refractivity contribution in [2.45, 2.75) is 0 Å². The summed E-state index contributed by atoms with van der Waals surface area (Å²) in [6.07, 6.45) is 0. The summed E-state index contributed by atoms with van der Waals surface area (Å²) in [4.78, 5) is 2.49. The third-order valence-corrected chi connectivity index (χ3v) is 11.7. The van der Waals surface area contributed by atoms with Gasteiger partial charge in [0.25, 0.3) is 0 Å². The lowest BCUT2D eigenvalue weighted by Gasteiger charge is -2.29. The Hall–Kier alpha value is -6.74. The second-order valence-corrected chi connectivity index (χ2v) is 14.7. The smallest absolute Gasteiger partial charge is 0.0640 e. The number of anilines is 3. The third-order valence-electron chi connectivity index (χ3n) is 10.5. The number of hydrogen-bond donors (Lipinski definition) is 0. The van der Waals surface area contributed by atoms with Crippen LogP contribution < -0.4 is 4.90 Å². The minimum Gasteiger partial charge on any atom is -0.308 e. The van der Waals surface area contributed by atoms with Gasteiger partial charge in [0.05, 0.1) is 16.1 Å². The molecule has 0 radical (unpaired) electrons. The summed E-state index contributed by atoms with van der Waals surface area (Å²) < 4.78 is 2.56. The standard InChI is InChI=1S/C52H35NS/c1-4-16-36(17-5-1)39-30-32-43-40(34-39)22-14-25-44(43)45-23-10-12-27-49(45)53(50-28-15-26-47-46-24-11-13-29-51(46)54-52(47)50)41-31-33-42(37-18-6-2-7-19-37)48(35-41)38-20-8-3-9-21-38/h1-35H. The van der Waals surface area contributed by atoms with Crippen LogP contribution in [-0.4, -0.2) is 0 Å². The lowest BCUT2D eigenvalue weighted by molar-refractivity contribution is 1.30. The van der Waals surface area contributed by atoms with Gasteiger partial charge in [-0.2, -0.15) is 0 Å². The van der Waals surface area contributed by atoms with Gasteiger partial charge in [0.15, 0.2) is 0 Å². The van der Waals surface area contributed by atoms with E-state index < -0.39 is 0 Å². The van der Waals surface area contributed by atoms with Crippen LogP contribution in [-0.2, 0) is 0 Å². The predicted molar refractivity (Wildman–Crippen MR) is 233 cm³/mol. The molecule has 2 heteroatoms. The normalized spacial score (nSPS) is 11.3. The van der Waals surface area contributed by atoms with Crippen molar-refractivity contribution >= 4 is 59.3 Å². The second-order valence-electron chi connectivity index (χ2n) is 13.7. The maximum atomic E-state index is 2.49. The Kier molecular flexibility index (Phi) is 8.09. The summed E-state index contributed by atoms with van der Waals surface area (Å²) in [5.74, 6) is 0.